The van der Waals surface area contributed by atoms with Crippen LogP contribution in [0.1, 0.15) is 24.7 Å². The van der Waals surface area contributed by atoms with E-state index in [1.807, 2.05) is 24.3 Å². The summed E-state index contributed by atoms with van der Waals surface area (Å²) >= 11 is 1.46. The van der Waals surface area contributed by atoms with Crippen molar-refractivity contribution in [1.29, 1.82) is 0 Å². The zero-order valence-electron chi connectivity index (χ0n) is 39.8. The second kappa shape index (κ2) is 9.59. The summed E-state index contributed by atoms with van der Waals surface area (Å²) in [6.07, 6.45) is 0. The Morgan fingerprint density at radius 1 is 0.558 bits per heavy atom. The van der Waals surface area contributed by atoms with Gasteiger partial charge < -0.3 is 9.32 Å². The predicted octanol–water partition coefficient (Wildman–Crippen LogP) is 12.2. The molecule has 0 bridgehead atoms. The van der Waals surface area contributed by atoms with Gasteiger partial charge in [0.2, 0.25) is 0 Å². The van der Waals surface area contributed by atoms with E-state index in [1.165, 1.54) is 11.3 Å². The van der Waals surface area contributed by atoms with Crippen LogP contribution in [0.15, 0.2) is 156 Å². The van der Waals surface area contributed by atoms with Crippen molar-refractivity contribution >= 4 is 81.3 Å². The first-order chi connectivity index (χ1) is 28.8. The molecule has 0 N–H and O–H groups in total. The number of hydrogen-bond donors (Lipinski definition) is 0. The Hall–Kier alpha value is -5.38. The Kier molecular flexibility index (Phi) is 2.78. The molecule has 2 heterocycles. The van der Waals surface area contributed by atoms with Crippen molar-refractivity contribution in [2.24, 2.45) is 0 Å². The Bertz CT molecular complexity index is 3430. The lowest BCUT2D eigenvalue weighted by Gasteiger charge is -2.26. The molecular formula is C40H25NOS. The molecule has 2 nitrogen and oxygen atoms in total. The molecule has 202 valence electrons. The quantitative estimate of drug-likeness (QED) is 0.204. The molecule has 0 atom stereocenters. The summed E-state index contributed by atoms with van der Waals surface area (Å²) < 4.78 is 168. The van der Waals surface area contributed by atoms with E-state index in [0.29, 0.717) is 10.5 Å². The van der Waals surface area contributed by atoms with Gasteiger partial charge >= 0.3 is 0 Å². The van der Waals surface area contributed by atoms with E-state index in [9.17, 15) is 8.22 Å². The van der Waals surface area contributed by atoms with Crippen LogP contribution in [0.2, 0.25) is 0 Å². The van der Waals surface area contributed by atoms with Crippen LogP contribution in [-0.2, 0) is 0 Å². The SMILES string of the molecule is [2H]c1c([2H])c([2H])c(N(c2c([2H])c([2H])c(-c3ccc4c(c3)sc3ccccc34)c([2H])c2[2H])c2c([2H])c([2H])c([2H])c3oc4c5c([2H])c([2H])c([2H])c([2H])c5c([2H])c([2H])c4c23)c([2H])c1[2H]. The zero-order chi connectivity index (χ0) is 44.0. The molecule has 0 amide bonds. The molecule has 2 aromatic heterocycles. The minimum absolute atomic E-state index is 0.139. The third-order valence-electron chi connectivity index (χ3n) is 7.17. The second-order valence-electron chi connectivity index (χ2n) is 9.58. The van der Waals surface area contributed by atoms with Gasteiger partial charge in [-0.2, -0.15) is 0 Å². The van der Waals surface area contributed by atoms with Crippen LogP contribution in [0.4, 0.5) is 17.1 Å². The average Bonchev–Trinajstić information content (AvgIpc) is 3.82. The standard InChI is InChI=1S/C40H25NOS/c1-2-10-29(11-3-1)41(35-14-8-15-36-39(35)34-24-19-27-9-4-5-12-31(27)40(34)42-36)30-21-17-26(18-22-30)28-20-23-33-32-13-6-7-16-37(32)43-38(33)25-28/h1-25H/i1D,2D,3D,4D,5D,8D,9D,10D,11D,12D,14D,15D,17D,18D,19D,21D,22D,24D. The lowest BCUT2D eigenvalue weighted by molar-refractivity contribution is 0.672. The van der Waals surface area contributed by atoms with Crippen molar-refractivity contribution < 1.29 is 29.1 Å². The third kappa shape index (κ3) is 3.86. The highest BCUT2D eigenvalue weighted by Gasteiger charge is 2.20. The van der Waals surface area contributed by atoms with E-state index in [0.717, 1.165) is 20.2 Å². The summed E-state index contributed by atoms with van der Waals surface area (Å²) in [6, 6.07) is -1.12. The molecule has 43 heavy (non-hydrogen) atoms. The van der Waals surface area contributed by atoms with Gasteiger partial charge in [-0.15, -0.1) is 11.3 Å². The molecule has 0 fully saturated rings. The Morgan fingerprint density at radius 2 is 1.35 bits per heavy atom. The molecule has 0 unspecified atom stereocenters. The average molecular weight is 586 g/mol. The van der Waals surface area contributed by atoms with Gasteiger partial charge in [-0.1, -0.05) is 96.8 Å². The third-order valence-corrected chi connectivity index (χ3v) is 8.30. The number of thiophene rings is 1. The summed E-state index contributed by atoms with van der Waals surface area (Å²) in [5.74, 6) is 0. The smallest absolute Gasteiger partial charge is 0.143 e. The van der Waals surface area contributed by atoms with Crippen molar-refractivity contribution in [3.05, 3.63) is 151 Å². The van der Waals surface area contributed by atoms with E-state index < -0.39 is 153 Å². The van der Waals surface area contributed by atoms with Gasteiger partial charge in [-0.05, 0) is 70.9 Å². The minimum atomic E-state index is -0.921. The number of benzene rings is 7. The first-order valence-corrected chi connectivity index (χ1v) is 13.9. The van der Waals surface area contributed by atoms with Gasteiger partial charge in [-0.3, -0.25) is 0 Å². The van der Waals surface area contributed by atoms with Crippen molar-refractivity contribution in [3.8, 4) is 11.1 Å². The van der Waals surface area contributed by atoms with Gasteiger partial charge in [0.1, 0.15) is 11.2 Å². The predicted molar refractivity (Wildman–Crippen MR) is 184 cm³/mol. The van der Waals surface area contributed by atoms with Crippen LogP contribution >= 0.6 is 11.3 Å². The number of anilines is 3. The molecule has 0 aliphatic heterocycles. The molecule has 7 aromatic carbocycles. The van der Waals surface area contributed by atoms with E-state index in [4.69, 9.17) is 20.9 Å². The fourth-order valence-electron chi connectivity index (χ4n) is 5.25. The van der Waals surface area contributed by atoms with Crippen LogP contribution in [-0.4, -0.2) is 0 Å². The van der Waals surface area contributed by atoms with Crippen molar-refractivity contribution in [3.63, 3.8) is 0 Å². The maximum atomic E-state index is 9.47. The Labute approximate surface area is 277 Å². The van der Waals surface area contributed by atoms with Crippen LogP contribution in [0.25, 0.3) is 64.0 Å². The highest BCUT2D eigenvalue weighted by Crippen LogP contribution is 2.44. The topological polar surface area (TPSA) is 16.4 Å². The van der Waals surface area contributed by atoms with Gasteiger partial charge in [-0.25, -0.2) is 0 Å². The van der Waals surface area contributed by atoms with Gasteiger partial charge in [0.15, 0.2) is 0 Å². The number of nitrogens with zero attached hydrogens (tertiary/aromatic N) is 1. The summed E-state index contributed by atoms with van der Waals surface area (Å²) in [6.45, 7) is 0. The maximum Gasteiger partial charge on any atom is 0.143 e. The highest BCUT2D eigenvalue weighted by molar-refractivity contribution is 7.25. The first-order valence-electron chi connectivity index (χ1n) is 22.1. The molecule has 0 saturated carbocycles. The first kappa shape index (κ1) is 12.5. The van der Waals surface area contributed by atoms with E-state index in [1.54, 1.807) is 18.2 Å². The number of rotatable bonds is 4. The van der Waals surface area contributed by atoms with E-state index in [-0.39, 0.29) is 10.9 Å². The molecule has 0 aliphatic rings. The highest BCUT2D eigenvalue weighted by atomic mass is 32.1. The Balaban J connectivity index is 1.46. The summed E-state index contributed by atoms with van der Waals surface area (Å²) in [7, 11) is 0. The summed E-state index contributed by atoms with van der Waals surface area (Å²) in [4.78, 5) is 0.699. The van der Waals surface area contributed by atoms with Crippen LogP contribution < -0.4 is 4.90 Å². The number of hydrogen-bond acceptors (Lipinski definition) is 3. The van der Waals surface area contributed by atoms with Gasteiger partial charge in [0.25, 0.3) is 0 Å². The van der Waals surface area contributed by atoms with Crippen molar-refractivity contribution in [2.75, 3.05) is 4.90 Å². The second-order valence-corrected chi connectivity index (χ2v) is 10.7. The zero-order valence-corrected chi connectivity index (χ0v) is 22.6. The van der Waals surface area contributed by atoms with Crippen molar-refractivity contribution in [2.45, 2.75) is 0 Å². The Morgan fingerprint density at radius 3 is 2.26 bits per heavy atom. The number of furan rings is 1. The fourth-order valence-corrected chi connectivity index (χ4v) is 6.40. The number of fused-ring (bicyclic) bond motifs is 8. The van der Waals surface area contributed by atoms with Crippen LogP contribution in [0.3, 0.4) is 0 Å². The summed E-state index contributed by atoms with van der Waals surface area (Å²) in [5, 5.41) is 0.225. The minimum Gasteiger partial charge on any atom is -0.455 e. The largest absolute Gasteiger partial charge is 0.455 e. The van der Waals surface area contributed by atoms with E-state index in [2.05, 4.69) is 0 Å². The maximum absolute atomic E-state index is 9.47. The molecule has 9 aromatic rings. The molecular weight excluding hydrogens is 543 g/mol. The van der Waals surface area contributed by atoms with Crippen molar-refractivity contribution in [1.82, 2.24) is 0 Å². The monoisotopic (exact) mass is 585 g/mol. The van der Waals surface area contributed by atoms with Gasteiger partial charge in [0.05, 0.1) is 35.7 Å². The lowest BCUT2D eigenvalue weighted by atomic mass is 10.0. The molecule has 0 radical (unpaired) electrons. The fraction of sp³-hybridized carbons (Fsp3) is 0. The molecule has 0 saturated heterocycles. The molecule has 9 rings (SSSR count). The normalized spacial score (nSPS) is 17.6. The van der Waals surface area contributed by atoms with Gasteiger partial charge in [0, 0.05) is 42.3 Å². The molecule has 0 spiro atoms. The van der Waals surface area contributed by atoms with E-state index >= 15 is 0 Å². The molecule has 0 aliphatic carbocycles. The lowest BCUT2D eigenvalue weighted by Crippen LogP contribution is -2.10. The number of para-hydroxylation sites is 1. The summed E-state index contributed by atoms with van der Waals surface area (Å²) in [5.41, 5.74) is -3.05. The van der Waals surface area contributed by atoms with Crippen LogP contribution in [0.5, 0.6) is 0 Å². The molecule has 3 heteroatoms. The van der Waals surface area contributed by atoms with Crippen LogP contribution in [0, 0.1) is 0 Å².